The van der Waals surface area contributed by atoms with Crippen LogP contribution in [0.2, 0.25) is 0 Å². The van der Waals surface area contributed by atoms with Crippen molar-refractivity contribution in [2.24, 2.45) is 5.41 Å². The van der Waals surface area contributed by atoms with Gasteiger partial charge in [0.1, 0.15) is 5.75 Å². The first-order chi connectivity index (χ1) is 8.55. The number of hydrogen-bond acceptors (Lipinski definition) is 2. The van der Waals surface area contributed by atoms with E-state index in [4.69, 9.17) is 9.47 Å². The lowest BCUT2D eigenvalue weighted by Gasteiger charge is -2.35. The van der Waals surface area contributed by atoms with Crippen molar-refractivity contribution in [3.05, 3.63) is 42.0 Å². The molecule has 0 N–H and O–H groups in total. The van der Waals surface area contributed by atoms with Gasteiger partial charge in [0.25, 0.3) is 0 Å². The standard InChI is InChI=1S/C16H18O2/c1-16(2,3)15-17-10-13-12-7-5-4-6-11(12)8-9-14(13)18-15/h4-9,15H,10H2,1-3H3. The van der Waals surface area contributed by atoms with Crippen LogP contribution >= 0.6 is 0 Å². The Balaban J connectivity index is 2.06. The minimum Gasteiger partial charge on any atom is -0.464 e. The van der Waals surface area contributed by atoms with Gasteiger partial charge in [-0.3, -0.25) is 0 Å². The van der Waals surface area contributed by atoms with E-state index in [1.165, 1.54) is 10.8 Å². The van der Waals surface area contributed by atoms with Gasteiger partial charge in [0.2, 0.25) is 6.29 Å². The molecular formula is C16H18O2. The molecule has 0 radical (unpaired) electrons. The fourth-order valence-electron chi connectivity index (χ4n) is 2.31. The summed E-state index contributed by atoms with van der Waals surface area (Å²) in [7, 11) is 0. The summed E-state index contributed by atoms with van der Waals surface area (Å²) < 4.78 is 11.8. The van der Waals surface area contributed by atoms with E-state index >= 15 is 0 Å². The fraction of sp³-hybridized carbons (Fsp3) is 0.375. The van der Waals surface area contributed by atoms with Crippen molar-refractivity contribution < 1.29 is 9.47 Å². The Morgan fingerprint density at radius 1 is 1.06 bits per heavy atom. The van der Waals surface area contributed by atoms with Crippen LogP contribution in [0.3, 0.4) is 0 Å². The molecule has 2 aromatic rings. The van der Waals surface area contributed by atoms with Crippen molar-refractivity contribution in [3.8, 4) is 5.75 Å². The monoisotopic (exact) mass is 242 g/mol. The lowest BCUT2D eigenvalue weighted by atomic mass is 9.94. The molecule has 0 fully saturated rings. The highest BCUT2D eigenvalue weighted by molar-refractivity contribution is 5.87. The van der Waals surface area contributed by atoms with Gasteiger partial charge in [-0.1, -0.05) is 51.1 Å². The molecule has 0 bridgehead atoms. The molecule has 1 aliphatic rings. The summed E-state index contributed by atoms with van der Waals surface area (Å²) in [6, 6.07) is 12.5. The van der Waals surface area contributed by atoms with Gasteiger partial charge in [0.15, 0.2) is 0 Å². The van der Waals surface area contributed by atoms with Crippen LogP contribution in [0, 0.1) is 5.41 Å². The maximum absolute atomic E-state index is 5.98. The third-order valence-corrected chi connectivity index (χ3v) is 3.32. The van der Waals surface area contributed by atoms with Gasteiger partial charge >= 0.3 is 0 Å². The zero-order valence-electron chi connectivity index (χ0n) is 11.1. The van der Waals surface area contributed by atoms with Gasteiger partial charge in [-0.25, -0.2) is 0 Å². The minimum absolute atomic E-state index is 0.0106. The number of fused-ring (bicyclic) bond motifs is 3. The van der Waals surface area contributed by atoms with E-state index in [1.54, 1.807) is 0 Å². The highest BCUT2D eigenvalue weighted by Crippen LogP contribution is 2.37. The largest absolute Gasteiger partial charge is 0.464 e. The van der Waals surface area contributed by atoms with Crippen LogP contribution in [0.5, 0.6) is 5.75 Å². The second kappa shape index (κ2) is 3.99. The number of ether oxygens (including phenoxy) is 2. The fourth-order valence-corrected chi connectivity index (χ4v) is 2.31. The van der Waals surface area contributed by atoms with Crippen molar-refractivity contribution >= 4 is 10.8 Å². The van der Waals surface area contributed by atoms with Gasteiger partial charge in [0, 0.05) is 11.0 Å². The Labute approximate surface area is 108 Å². The van der Waals surface area contributed by atoms with E-state index < -0.39 is 0 Å². The normalized spacial score (nSPS) is 19.4. The van der Waals surface area contributed by atoms with Crippen molar-refractivity contribution in [3.63, 3.8) is 0 Å². The first kappa shape index (κ1) is 11.5. The summed E-state index contributed by atoms with van der Waals surface area (Å²) in [5, 5.41) is 2.46. The lowest BCUT2D eigenvalue weighted by Crippen LogP contribution is -2.37. The molecule has 2 aromatic carbocycles. The Kier molecular flexibility index (Phi) is 2.56. The molecule has 2 heteroatoms. The third-order valence-electron chi connectivity index (χ3n) is 3.32. The Hall–Kier alpha value is -1.54. The molecule has 1 heterocycles. The zero-order valence-corrected chi connectivity index (χ0v) is 11.1. The number of hydrogen-bond donors (Lipinski definition) is 0. The second-order valence-corrected chi connectivity index (χ2v) is 5.89. The van der Waals surface area contributed by atoms with Gasteiger partial charge in [-0.05, 0) is 16.8 Å². The van der Waals surface area contributed by atoms with Crippen LogP contribution in [-0.4, -0.2) is 6.29 Å². The van der Waals surface area contributed by atoms with E-state index in [9.17, 15) is 0 Å². The van der Waals surface area contributed by atoms with E-state index in [2.05, 4.69) is 57.2 Å². The summed E-state index contributed by atoms with van der Waals surface area (Å²) in [6.45, 7) is 7.01. The third kappa shape index (κ3) is 1.87. The quantitative estimate of drug-likeness (QED) is 0.691. The highest BCUT2D eigenvalue weighted by Gasteiger charge is 2.31. The average Bonchev–Trinajstić information content (AvgIpc) is 2.37. The van der Waals surface area contributed by atoms with Crippen molar-refractivity contribution in [2.75, 3.05) is 0 Å². The molecule has 3 rings (SSSR count). The molecule has 2 nitrogen and oxygen atoms in total. The molecule has 94 valence electrons. The zero-order chi connectivity index (χ0) is 12.8. The van der Waals surface area contributed by atoms with Crippen LogP contribution in [0.1, 0.15) is 26.3 Å². The first-order valence-electron chi connectivity index (χ1n) is 6.34. The summed E-state index contributed by atoms with van der Waals surface area (Å²) in [5.74, 6) is 0.958. The molecule has 1 atom stereocenters. The summed E-state index contributed by atoms with van der Waals surface area (Å²) in [5.41, 5.74) is 1.15. The maximum Gasteiger partial charge on any atom is 0.205 e. The molecule has 0 saturated heterocycles. The van der Waals surface area contributed by atoms with Crippen molar-refractivity contribution in [2.45, 2.75) is 33.7 Å². The maximum atomic E-state index is 5.98. The van der Waals surface area contributed by atoms with Crippen LogP contribution in [0.25, 0.3) is 10.8 Å². The van der Waals surface area contributed by atoms with E-state index in [-0.39, 0.29) is 11.7 Å². The topological polar surface area (TPSA) is 18.5 Å². The molecule has 0 aromatic heterocycles. The Morgan fingerprint density at radius 2 is 1.83 bits per heavy atom. The lowest BCUT2D eigenvalue weighted by molar-refractivity contribution is -0.162. The predicted molar refractivity (Wildman–Crippen MR) is 72.6 cm³/mol. The average molecular weight is 242 g/mol. The van der Waals surface area contributed by atoms with Gasteiger partial charge in [-0.15, -0.1) is 0 Å². The molecule has 0 aliphatic carbocycles. The second-order valence-electron chi connectivity index (χ2n) is 5.89. The van der Waals surface area contributed by atoms with Gasteiger partial charge in [0.05, 0.1) is 6.61 Å². The summed E-state index contributed by atoms with van der Waals surface area (Å²) >= 11 is 0. The summed E-state index contributed by atoms with van der Waals surface area (Å²) in [6.07, 6.45) is -0.175. The van der Waals surface area contributed by atoms with Crippen LogP contribution in [0.4, 0.5) is 0 Å². The predicted octanol–water partition coefficient (Wildman–Crippen LogP) is 4.12. The minimum atomic E-state index is -0.175. The molecule has 18 heavy (non-hydrogen) atoms. The Bertz CT molecular complexity index is 581. The Morgan fingerprint density at radius 3 is 2.61 bits per heavy atom. The van der Waals surface area contributed by atoms with Crippen LogP contribution in [0.15, 0.2) is 36.4 Å². The molecule has 1 unspecified atom stereocenters. The van der Waals surface area contributed by atoms with Crippen LogP contribution < -0.4 is 4.74 Å². The molecule has 0 amide bonds. The molecule has 0 spiro atoms. The van der Waals surface area contributed by atoms with Gasteiger partial charge in [-0.2, -0.15) is 0 Å². The molecule has 0 saturated carbocycles. The SMILES string of the molecule is CC(C)(C)C1OCc2c(ccc3ccccc23)O1. The van der Waals surface area contributed by atoms with Crippen molar-refractivity contribution in [1.29, 1.82) is 0 Å². The van der Waals surface area contributed by atoms with E-state index in [1.807, 2.05) is 0 Å². The van der Waals surface area contributed by atoms with Gasteiger partial charge < -0.3 is 9.47 Å². The van der Waals surface area contributed by atoms with Crippen LogP contribution in [-0.2, 0) is 11.3 Å². The smallest absolute Gasteiger partial charge is 0.205 e. The van der Waals surface area contributed by atoms with E-state index in [0.29, 0.717) is 6.61 Å². The highest BCUT2D eigenvalue weighted by atomic mass is 16.7. The molecular weight excluding hydrogens is 224 g/mol. The number of benzene rings is 2. The first-order valence-corrected chi connectivity index (χ1v) is 6.34. The summed E-state index contributed by atoms with van der Waals surface area (Å²) in [4.78, 5) is 0. The van der Waals surface area contributed by atoms with Crippen molar-refractivity contribution in [1.82, 2.24) is 0 Å². The van der Waals surface area contributed by atoms with E-state index in [0.717, 1.165) is 11.3 Å². The molecule has 1 aliphatic heterocycles. The number of rotatable bonds is 0.